The Morgan fingerprint density at radius 3 is 2.44 bits per heavy atom. The fourth-order valence-electron chi connectivity index (χ4n) is 3.57. The van der Waals surface area contributed by atoms with Gasteiger partial charge in [-0.25, -0.2) is 4.79 Å². The van der Waals surface area contributed by atoms with Gasteiger partial charge in [-0.05, 0) is 67.3 Å². The predicted octanol–water partition coefficient (Wildman–Crippen LogP) is 4.83. The Hall–Kier alpha value is -2.59. The van der Waals surface area contributed by atoms with E-state index < -0.39 is 0 Å². The Balaban J connectivity index is 1.92. The van der Waals surface area contributed by atoms with Crippen LogP contribution in [0.25, 0.3) is 11.0 Å². The third kappa shape index (κ3) is 4.58. The zero-order valence-corrected chi connectivity index (χ0v) is 16.5. The number of methoxy groups -OCH3 is 1. The first-order valence-electron chi connectivity index (χ1n) is 9.39. The number of fused-ring (bicyclic) bond motifs is 1. The molecule has 0 saturated carbocycles. The monoisotopic (exact) mass is 365 g/mol. The van der Waals surface area contributed by atoms with Gasteiger partial charge in [-0.3, -0.25) is 4.90 Å². The number of aryl methyl sites for hydroxylation is 2. The quantitative estimate of drug-likeness (QED) is 0.563. The molecule has 0 aliphatic carbocycles. The summed E-state index contributed by atoms with van der Waals surface area (Å²) in [6, 6.07) is 13.9. The molecule has 0 spiro atoms. The van der Waals surface area contributed by atoms with E-state index in [0.29, 0.717) is 12.1 Å². The molecule has 0 bridgehead atoms. The summed E-state index contributed by atoms with van der Waals surface area (Å²) in [6.07, 6.45) is 1.05. The zero-order valence-electron chi connectivity index (χ0n) is 16.5. The Morgan fingerprint density at radius 2 is 1.78 bits per heavy atom. The molecule has 0 aliphatic heterocycles. The average molecular weight is 365 g/mol. The molecule has 142 valence electrons. The van der Waals surface area contributed by atoms with Crippen LogP contribution in [0.4, 0.5) is 0 Å². The first-order chi connectivity index (χ1) is 13.0. The van der Waals surface area contributed by atoms with Crippen LogP contribution in [0.5, 0.6) is 5.75 Å². The highest BCUT2D eigenvalue weighted by Crippen LogP contribution is 2.24. The molecule has 0 amide bonds. The second-order valence-corrected chi connectivity index (χ2v) is 7.11. The van der Waals surface area contributed by atoms with Gasteiger partial charge in [0.05, 0.1) is 7.11 Å². The topological polar surface area (TPSA) is 42.7 Å². The van der Waals surface area contributed by atoms with Crippen LogP contribution in [0.2, 0.25) is 0 Å². The maximum atomic E-state index is 12.1. The predicted molar refractivity (Wildman–Crippen MR) is 109 cm³/mol. The second-order valence-electron chi connectivity index (χ2n) is 7.11. The highest BCUT2D eigenvalue weighted by atomic mass is 16.5. The summed E-state index contributed by atoms with van der Waals surface area (Å²) >= 11 is 0. The number of benzene rings is 2. The molecule has 4 heteroatoms. The van der Waals surface area contributed by atoms with Crippen molar-refractivity contribution in [3.63, 3.8) is 0 Å². The molecule has 0 unspecified atom stereocenters. The Kier molecular flexibility index (Phi) is 5.97. The van der Waals surface area contributed by atoms with E-state index in [0.717, 1.165) is 41.8 Å². The number of rotatable bonds is 7. The van der Waals surface area contributed by atoms with E-state index in [9.17, 15) is 4.79 Å². The molecular weight excluding hydrogens is 338 g/mol. The van der Waals surface area contributed by atoms with E-state index in [1.807, 2.05) is 19.1 Å². The molecule has 3 rings (SSSR count). The molecule has 0 N–H and O–H groups in total. The Morgan fingerprint density at radius 1 is 1.04 bits per heavy atom. The number of hydrogen-bond donors (Lipinski definition) is 0. The summed E-state index contributed by atoms with van der Waals surface area (Å²) in [5, 5.41) is 1.03. The molecule has 3 aromatic rings. The number of ether oxygens (including phenoxy) is 1. The van der Waals surface area contributed by atoms with E-state index in [-0.39, 0.29) is 5.63 Å². The third-order valence-corrected chi connectivity index (χ3v) is 4.76. The highest BCUT2D eigenvalue weighted by Gasteiger charge is 2.13. The molecule has 2 aromatic carbocycles. The largest absolute Gasteiger partial charge is 0.497 e. The van der Waals surface area contributed by atoms with Gasteiger partial charge in [0.1, 0.15) is 11.3 Å². The maximum Gasteiger partial charge on any atom is 0.336 e. The standard InChI is InChI=1S/C23H27NO3/c1-5-10-24(14-18-6-8-20(26-4)9-7-18)15-19-13-22(25)27-23-17(3)11-16(2)12-21(19)23/h6-9,11-13H,5,10,14-15H2,1-4H3. The number of nitrogens with zero attached hydrogens (tertiary/aromatic N) is 1. The first kappa shape index (κ1) is 19.2. The summed E-state index contributed by atoms with van der Waals surface area (Å²) < 4.78 is 10.7. The van der Waals surface area contributed by atoms with Gasteiger partial charge in [-0.1, -0.05) is 25.1 Å². The third-order valence-electron chi connectivity index (χ3n) is 4.76. The van der Waals surface area contributed by atoms with Crippen molar-refractivity contribution in [1.82, 2.24) is 4.90 Å². The van der Waals surface area contributed by atoms with Crippen LogP contribution in [0.3, 0.4) is 0 Å². The SMILES string of the molecule is CCCN(Cc1ccc(OC)cc1)Cc1cc(=O)oc2c(C)cc(C)cc12. The van der Waals surface area contributed by atoms with Gasteiger partial charge in [0, 0.05) is 24.5 Å². The second kappa shape index (κ2) is 8.40. The van der Waals surface area contributed by atoms with E-state index in [1.54, 1.807) is 13.2 Å². The molecule has 0 fully saturated rings. The van der Waals surface area contributed by atoms with Gasteiger partial charge in [0.15, 0.2) is 0 Å². The van der Waals surface area contributed by atoms with Crippen molar-refractivity contribution < 1.29 is 9.15 Å². The first-order valence-corrected chi connectivity index (χ1v) is 9.39. The Bertz CT molecular complexity index is 973. The number of hydrogen-bond acceptors (Lipinski definition) is 4. The van der Waals surface area contributed by atoms with Crippen molar-refractivity contribution in [3.05, 3.63) is 75.1 Å². The van der Waals surface area contributed by atoms with Gasteiger partial charge in [0.25, 0.3) is 0 Å². The zero-order chi connectivity index (χ0) is 19.4. The lowest BCUT2D eigenvalue weighted by atomic mass is 10.0. The van der Waals surface area contributed by atoms with Crippen molar-refractivity contribution in [3.8, 4) is 5.75 Å². The molecule has 1 aromatic heterocycles. The molecule has 0 saturated heterocycles. The maximum absolute atomic E-state index is 12.1. The molecule has 0 aliphatic rings. The minimum atomic E-state index is -0.287. The fourth-order valence-corrected chi connectivity index (χ4v) is 3.57. The van der Waals surface area contributed by atoms with Crippen LogP contribution in [0, 0.1) is 13.8 Å². The van der Waals surface area contributed by atoms with Crippen molar-refractivity contribution in [1.29, 1.82) is 0 Å². The smallest absolute Gasteiger partial charge is 0.336 e. The van der Waals surface area contributed by atoms with Crippen molar-refractivity contribution in [2.45, 2.75) is 40.3 Å². The van der Waals surface area contributed by atoms with E-state index in [2.05, 4.69) is 43.0 Å². The summed E-state index contributed by atoms with van der Waals surface area (Å²) in [5.41, 5.74) is 4.83. The molecule has 27 heavy (non-hydrogen) atoms. The van der Waals surface area contributed by atoms with Crippen LogP contribution in [-0.2, 0) is 13.1 Å². The normalized spacial score (nSPS) is 11.3. The summed E-state index contributed by atoms with van der Waals surface area (Å²) in [7, 11) is 1.68. The molecule has 1 heterocycles. The summed E-state index contributed by atoms with van der Waals surface area (Å²) in [4.78, 5) is 14.5. The van der Waals surface area contributed by atoms with E-state index in [4.69, 9.17) is 9.15 Å². The van der Waals surface area contributed by atoms with Crippen molar-refractivity contribution >= 4 is 11.0 Å². The van der Waals surface area contributed by atoms with Crippen LogP contribution in [0.1, 0.15) is 35.6 Å². The molecule has 0 atom stereocenters. The molecule has 0 radical (unpaired) electrons. The van der Waals surface area contributed by atoms with Crippen LogP contribution < -0.4 is 10.4 Å². The van der Waals surface area contributed by atoms with Crippen molar-refractivity contribution in [2.24, 2.45) is 0 Å². The van der Waals surface area contributed by atoms with Gasteiger partial charge >= 0.3 is 5.63 Å². The van der Waals surface area contributed by atoms with E-state index in [1.165, 1.54) is 11.1 Å². The van der Waals surface area contributed by atoms with Gasteiger partial charge in [-0.15, -0.1) is 0 Å². The van der Waals surface area contributed by atoms with Crippen LogP contribution in [-0.4, -0.2) is 18.6 Å². The van der Waals surface area contributed by atoms with Crippen LogP contribution in [0.15, 0.2) is 51.7 Å². The van der Waals surface area contributed by atoms with Crippen molar-refractivity contribution in [2.75, 3.05) is 13.7 Å². The van der Waals surface area contributed by atoms with Gasteiger partial charge < -0.3 is 9.15 Å². The fraction of sp³-hybridized carbons (Fsp3) is 0.348. The molecule has 4 nitrogen and oxygen atoms in total. The van der Waals surface area contributed by atoms with Gasteiger partial charge in [0.2, 0.25) is 0 Å². The molecular formula is C23H27NO3. The lowest BCUT2D eigenvalue weighted by Crippen LogP contribution is -2.24. The highest BCUT2D eigenvalue weighted by molar-refractivity contribution is 5.83. The minimum absolute atomic E-state index is 0.287. The van der Waals surface area contributed by atoms with E-state index >= 15 is 0 Å². The summed E-state index contributed by atoms with van der Waals surface area (Å²) in [6.45, 7) is 8.73. The average Bonchev–Trinajstić information content (AvgIpc) is 2.63. The van der Waals surface area contributed by atoms with Crippen LogP contribution >= 0.6 is 0 Å². The minimum Gasteiger partial charge on any atom is -0.497 e. The Labute approximate surface area is 160 Å². The lowest BCUT2D eigenvalue weighted by Gasteiger charge is -2.23. The lowest BCUT2D eigenvalue weighted by molar-refractivity contribution is 0.257. The summed E-state index contributed by atoms with van der Waals surface area (Å²) in [5.74, 6) is 0.860. The van der Waals surface area contributed by atoms with Gasteiger partial charge in [-0.2, -0.15) is 0 Å².